The number of pyridine rings is 1. The number of hydrogen-bond acceptors (Lipinski definition) is 5. The summed E-state index contributed by atoms with van der Waals surface area (Å²) >= 11 is 0. The SMILES string of the molecule is Nc1c(C(=O)O)nc2c3cnccc3ncn12. The van der Waals surface area contributed by atoms with Crippen molar-refractivity contribution < 1.29 is 9.90 Å². The minimum absolute atomic E-state index is 0.0609. The normalized spacial score (nSPS) is 11.1. The van der Waals surface area contributed by atoms with Gasteiger partial charge in [0.1, 0.15) is 12.1 Å². The van der Waals surface area contributed by atoms with Crippen molar-refractivity contribution in [1.29, 1.82) is 0 Å². The van der Waals surface area contributed by atoms with Crippen LogP contribution in [0.15, 0.2) is 24.8 Å². The lowest BCUT2D eigenvalue weighted by Gasteiger charge is -1.99. The van der Waals surface area contributed by atoms with Crippen molar-refractivity contribution in [2.75, 3.05) is 5.73 Å². The maximum absolute atomic E-state index is 10.9. The van der Waals surface area contributed by atoms with Crippen molar-refractivity contribution in [1.82, 2.24) is 19.4 Å². The van der Waals surface area contributed by atoms with E-state index in [2.05, 4.69) is 15.0 Å². The summed E-state index contributed by atoms with van der Waals surface area (Å²) in [5.41, 5.74) is 6.64. The molecular weight excluding hydrogens is 222 g/mol. The molecule has 0 saturated carbocycles. The van der Waals surface area contributed by atoms with E-state index in [-0.39, 0.29) is 11.5 Å². The summed E-state index contributed by atoms with van der Waals surface area (Å²) in [5, 5.41) is 9.61. The molecule has 3 N–H and O–H groups in total. The molecule has 0 radical (unpaired) electrons. The lowest BCUT2D eigenvalue weighted by atomic mass is 10.3. The van der Waals surface area contributed by atoms with Crippen LogP contribution in [0.2, 0.25) is 0 Å². The number of carbonyl (C=O) groups is 1. The monoisotopic (exact) mass is 229 g/mol. The van der Waals surface area contributed by atoms with Gasteiger partial charge in [0.15, 0.2) is 11.3 Å². The summed E-state index contributed by atoms with van der Waals surface area (Å²) in [6.45, 7) is 0. The number of anilines is 1. The molecule has 3 heterocycles. The van der Waals surface area contributed by atoms with Gasteiger partial charge in [0, 0.05) is 12.4 Å². The molecule has 0 aliphatic carbocycles. The topological polar surface area (TPSA) is 106 Å². The standard InChI is InChI=1S/C10H7N5O2/c11-8-7(10(16)17)14-9-5-3-12-2-1-6(5)13-4-15(8)9/h1-4H,11H2,(H,16,17). The van der Waals surface area contributed by atoms with E-state index in [4.69, 9.17) is 10.8 Å². The van der Waals surface area contributed by atoms with E-state index in [1.165, 1.54) is 10.7 Å². The highest BCUT2D eigenvalue weighted by Gasteiger charge is 2.17. The molecule has 84 valence electrons. The molecule has 0 spiro atoms. The molecule has 0 aromatic carbocycles. The van der Waals surface area contributed by atoms with E-state index in [1.54, 1.807) is 18.5 Å². The summed E-state index contributed by atoms with van der Waals surface area (Å²) in [6.07, 6.45) is 4.64. The average molecular weight is 229 g/mol. The number of nitrogens with two attached hydrogens (primary N) is 1. The van der Waals surface area contributed by atoms with Gasteiger partial charge in [-0.05, 0) is 6.07 Å². The van der Waals surface area contributed by atoms with Gasteiger partial charge < -0.3 is 10.8 Å². The highest BCUT2D eigenvalue weighted by molar-refractivity contribution is 5.97. The highest BCUT2D eigenvalue weighted by atomic mass is 16.4. The number of hydrogen-bond donors (Lipinski definition) is 2. The van der Waals surface area contributed by atoms with Crippen molar-refractivity contribution in [2.45, 2.75) is 0 Å². The Morgan fingerprint density at radius 3 is 3.06 bits per heavy atom. The highest BCUT2D eigenvalue weighted by Crippen LogP contribution is 2.20. The quantitative estimate of drug-likeness (QED) is 0.631. The second kappa shape index (κ2) is 3.14. The van der Waals surface area contributed by atoms with Gasteiger partial charge in [0.2, 0.25) is 0 Å². The summed E-state index contributed by atoms with van der Waals surface area (Å²) in [6, 6.07) is 1.72. The summed E-state index contributed by atoms with van der Waals surface area (Å²) < 4.78 is 1.44. The fourth-order valence-corrected chi connectivity index (χ4v) is 1.70. The second-order valence-electron chi connectivity index (χ2n) is 3.48. The second-order valence-corrected chi connectivity index (χ2v) is 3.48. The first-order valence-corrected chi connectivity index (χ1v) is 4.78. The summed E-state index contributed by atoms with van der Waals surface area (Å²) in [7, 11) is 0. The molecule has 17 heavy (non-hydrogen) atoms. The Morgan fingerprint density at radius 1 is 1.47 bits per heavy atom. The van der Waals surface area contributed by atoms with Crippen LogP contribution in [0.25, 0.3) is 16.6 Å². The third kappa shape index (κ3) is 1.22. The Hall–Kier alpha value is -2.70. The fourth-order valence-electron chi connectivity index (χ4n) is 1.70. The smallest absolute Gasteiger partial charge is 0.358 e. The Labute approximate surface area is 94.6 Å². The number of fused-ring (bicyclic) bond motifs is 3. The minimum atomic E-state index is -1.16. The Kier molecular flexibility index (Phi) is 1.76. The van der Waals surface area contributed by atoms with Crippen LogP contribution in [0, 0.1) is 0 Å². The predicted octanol–water partition coefficient (Wildman–Crippen LogP) is 0.558. The van der Waals surface area contributed by atoms with Crippen LogP contribution >= 0.6 is 0 Å². The van der Waals surface area contributed by atoms with Crippen molar-refractivity contribution >= 4 is 28.3 Å². The van der Waals surface area contributed by atoms with Gasteiger partial charge in [-0.2, -0.15) is 0 Å². The lowest BCUT2D eigenvalue weighted by Crippen LogP contribution is -2.02. The third-order valence-electron chi connectivity index (χ3n) is 2.50. The van der Waals surface area contributed by atoms with Crippen molar-refractivity contribution in [3.05, 3.63) is 30.5 Å². The van der Waals surface area contributed by atoms with E-state index >= 15 is 0 Å². The molecule has 0 saturated heterocycles. The van der Waals surface area contributed by atoms with Crippen LogP contribution in [-0.4, -0.2) is 30.4 Å². The summed E-state index contributed by atoms with van der Waals surface area (Å²) in [4.78, 5) is 23.1. The van der Waals surface area contributed by atoms with Gasteiger partial charge in [-0.3, -0.25) is 9.38 Å². The predicted molar refractivity (Wildman–Crippen MR) is 59.7 cm³/mol. The average Bonchev–Trinajstić information content (AvgIpc) is 2.67. The van der Waals surface area contributed by atoms with E-state index in [1.807, 2.05) is 0 Å². The lowest BCUT2D eigenvalue weighted by molar-refractivity contribution is 0.0692. The molecule has 0 aliphatic rings. The molecule has 0 unspecified atom stereocenters. The Bertz CT molecular complexity index is 749. The van der Waals surface area contributed by atoms with Gasteiger partial charge in [0.25, 0.3) is 0 Å². The van der Waals surface area contributed by atoms with Gasteiger partial charge in [-0.15, -0.1) is 0 Å². The van der Waals surface area contributed by atoms with Gasteiger partial charge in [-0.25, -0.2) is 14.8 Å². The van der Waals surface area contributed by atoms with Crippen LogP contribution < -0.4 is 5.73 Å². The van der Waals surface area contributed by atoms with Crippen LogP contribution in [0.5, 0.6) is 0 Å². The molecule has 7 heteroatoms. The molecule has 0 bridgehead atoms. The zero-order valence-corrected chi connectivity index (χ0v) is 8.53. The van der Waals surface area contributed by atoms with Crippen LogP contribution in [-0.2, 0) is 0 Å². The number of carboxylic acid groups (broad SMARTS) is 1. The van der Waals surface area contributed by atoms with Gasteiger partial charge in [-0.1, -0.05) is 0 Å². The zero-order chi connectivity index (χ0) is 12.0. The van der Waals surface area contributed by atoms with E-state index in [9.17, 15) is 4.79 Å². The molecule has 0 fully saturated rings. The van der Waals surface area contributed by atoms with Gasteiger partial charge in [0.05, 0.1) is 10.9 Å². The summed E-state index contributed by atoms with van der Waals surface area (Å²) in [5.74, 6) is -1.10. The molecule has 0 aliphatic heterocycles. The van der Waals surface area contributed by atoms with Crippen LogP contribution in [0.1, 0.15) is 10.5 Å². The number of nitrogens with zero attached hydrogens (tertiary/aromatic N) is 4. The first-order chi connectivity index (χ1) is 8.18. The number of nitrogen functional groups attached to an aromatic ring is 1. The third-order valence-corrected chi connectivity index (χ3v) is 2.50. The Morgan fingerprint density at radius 2 is 2.29 bits per heavy atom. The van der Waals surface area contributed by atoms with Crippen LogP contribution in [0.3, 0.4) is 0 Å². The van der Waals surface area contributed by atoms with Crippen molar-refractivity contribution in [3.8, 4) is 0 Å². The molecule has 0 amide bonds. The largest absolute Gasteiger partial charge is 0.476 e. The van der Waals surface area contributed by atoms with E-state index in [0.29, 0.717) is 16.6 Å². The van der Waals surface area contributed by atoms with E-state index in [0.717, 1.165) is 0 Å². The first kappa shape index (κ1) is 9.52. The molecule has 3 rings (SSSR count). The van der Waals surface area contributed by atoms with Crippen LogP contribution in [0.4, 0.5) is 5.82 Å². The molecule has 3 aromatic rings. The molecular formula is C10H7N5O2. The Balaban J connectivity index is 2.51. The van der Waals surface area contributed by atoms with E-state index < -0.39 is 5.97 Å². The number of rotatable bonds is 1. The molecule has 3 aromatic heterocycles. The van der Waals surface area contributed by atoms with Crippen molar-refractivity contribution in [2.24, 2.45) is 0 Å². The number of imidazole rings is 1. The number of aromatic nitrogens is 4. The minimum Gasteiger partial charge on any atom is -0.476 e. The van der Waals surface area contributed by atoms with Gasteiger partial charge >= 0.3 is 5.97 Å². The molecule has 0 atom stereocenters. The maximum Gasteiger partial charge on any atom is 0.358 e. The molecule has 7 nitrogen and oxygen atoms in total. The first-order valence-electron chi connectivity index (χ1n) is 4.78. The van der Waals surface area contributed by atoms with Crippen molar-refractivity contribution in [3.63, 3.8) is 0 Å². The number of carboxylic acids is 1. The number of aromatic carboxylic acids is 1. The maximum atomic E-state index is 10.9. The fraction of sp³-hybridized carbons (Fsp3) is 0. The zero-order valence-electron chi connectivity index (χ0n) is 8.53.